The van der Waals surface area contributed by atoms with E-state index in [0.29, 0.717) is 11.5 Å². The van der Waals surface area contributed by atoms with Crippen molar-refractivity contribution in [1.82, 2.24) is 10.2 Å². The lowest BCUT2D eigenvalue weighted by Crippen LogP contribution is -2.50. The molecule has 1 aliphatic heterocycles. The van der Waals surface area contributed by atoms with Crippen molar-refractivity contribution in [3.8, 4) is 0 Å². The van der Waals surface area contributed by atoms with Gasteiger partial charge in [-0.2, -0.15) is 0 Å². The van der Waals surface area contributed by atoms with Crippen molar-refractivity contribution in [3.05, 3.63) is 70.8 Å². The summed E-state index contributed by atoms with van der Waals surface area (Å²) in [4.78, 5) is 31.4. The van der Waals surface area contributed by atoms with Gasteiger partial charge in [-0.1, -0.05) is 12.1 Å². The predicted molar refractivity (Wildman–Crippen MR) is 117 cm³/mol. The number of nitrogens with one attached hydrogen (secondary N) is 1. The number of amides is 2. The third-order valence-corrected chi connectivity index (χ3v) is 6.19. The van der Waals surface area contributed by atoms with Crippen LogP contribution in [0, 0.1) is 17.6 Å². The Kier molecular flexibility index (Phi) is 5.71. The third kappa shape index (κ3) is 4.64. The Hall–Kier alpha value is -3.29. The molecule has 0 spiro atoms. The first kappa shape index (κ1) is 21.9. The standard InChI is InChI=1S/C24H26F2N4O2/c1-14(16-3-7-19(25)8-4-16)28-22(32)17-9-15(10-20(26)11-17)13-30-21(31)12-24(2,18-5-6-18)29-23(30)27/h3-4,7-11,14,18H,5-6,12-13H2,1-2H3,(H2,27,29)(H,28,32)/t14-,24-/m0/s1. The predicted octanol–water partition coefficient (Wildman–Crippen LogP) is 3.67. The van der Waals surface area contributed by atoms with Crippen molar-refractivity contribution in [2.45, 2.75) is 51.2 Å². The maximum Gasteiger partial charge on any atom is 0.251 e. The van der Waals surface area contributed by atoms with Gasteiger partial charge >= 0.3 is 0 Å². The second-order valence-corrected chi connectivity index (χ2v) is 8.85. The summed E-state index contributed by atoms with van der Waals surface area (Å²) in [5.74, 6) is -1.10. The van der Waals surface area contributed by atoms with E-state index in [4.69, 9.17) is 5.73 Å². The van der Waals surface area contributed by atoms with Gasteiger partial charge in [0.15, 0.2) is 5.96 Å². The second kappa shape index (κ2) is 8.33. The van der Waals surface area contributed by atoms with Gasteiger partial charge in [0.1, 0.15) is 11.6 Å². The van der Waals surface area contributed by atoms with Crippen molar-refractivity contribution in [3.63, 3.8) is 0 Å². The van der Waals surface area contributed by atoms with E-state index in [-0.39, 0.29) is 36.2 Å². The minimum Gasteiger partial charge on any atom is -0.369 e. The summed E-state index contributed by atoms with van der Waals surface area (Å²) < 4.78 is 27.4. The van der Waals surface area contributed by atoms with Gasteiger partial charge in [-0.15, -0.1) is 0 Å². The molecule has 1 heterocycles. The maximum atomic E-state index is 14.3. The van der Waals surface area contributed by atoms with E-state index >= 15 is 0 Å². The number of aliphatic imine (C=N–C) groups is 1. The smallest absolute Gasteiger partial charge is 0.251 e. The first-order chi connectivity index (χ1) is 15.1. The van der Waals surface area contributed by atoms with Gasteiger partial charge in [-0.25, -0.2) is 13.8 Å². The van der Waals surface area contributed by atoms with E-state index in [1.54, 1.807) is 19.1 Å². The summed E-state index contributed by atoms with van der Waals surface area (Å²) in [6.45, 7) is 3.73. The monoisotopic (exact) mass is 440 g/mol. The van der Waals surface area contributed by atoms with Crippen LogP contribution in [-0.4, -0.2) is 28.2 Å². The molecule has 2 amide bonds. The maximum absolute atomic E-state index is 14.3. The largest absolute Gasteiger partial charge is 0.369 e. The van der Waals surface area contributed by atoms with Crippen molar-refractivity contribution < 1.29 is 18.4 Å². The molecule has 6 nitrogen and oxygen atoms in total. The number of carbonyl (C=O) groups is 2. The SMILES string of the molecule is C[C@H](NC(=O)c1cc(F)cc(CN2C(=O)C[C@@](C)(C3CC3)N=C2N)c1)c1ccc(F)cc1. The third-order valence-electron chi connectivity index (χ3n) is 6.19. The summed E-state index contributed by atoms with van der Waals surface area (Å²) in [5.41, 5.74) is 6.90. The van der Waals surface area contributed by atoms with Crippen LogP contribution in [-0.2, 0) is 11.3 Å². The van der Waals surface area contributed by atoms with E-state index in [0.717, 1.165) is 24.5 Å². The van der Waals surface area contributed by atoms with E-state index < -0.39 is 23.3 Å². The van der Waals surface area contributed by atoms with Crippen LogP contribution in [0.1, 0.15) is 60.6 Å². The number of hydrogen-bond acceptors (Lipinski definition) is 4. The molecular formula is C24H26F2N4O2. The van der Waals surface area contributed by atoms with Crippen molar-refractivity contribution >= 4 is 17.8 Å². The zero-order valence-corrected chi connectivity index (χ0v) is 18.1. The van der Waals surface area contributed by atoms with Crippen LogP contribution >= 0.6 is 0 Å². The highest BCUT2D eigenvalue weighted by Gasteiger charge is 2.46. The molecule has 0 bridgehead atoms. The molecule has 2 aromatic rings. The van der Waals surface area contributed by atoms with Gasteiger partial charge in [0.25, 0.3) is 5.91 Å². The lowest BCUT2D eigenvalue weighted by atomic mass is 9.90. The van der Waals surface area contributed by atoms with Crippen molar-refractivity contribution in [2.24, 2.45) is 16.6 Å². The molecule has 3 N–H and O–H groups in total. The molecule has 1 fully saturated rings. The first-order valence-corrected chi connectivity index (χ1v) is 10.7. The van der Waals surface area contributed by atoms with Crippen LogP contribution in [0.4, 0.5) is 8.78 Å². The molecule has 32 heavy (non-hydrogen) atoms. The molecule has 0 saturated heterocycles. The van der Waals surface area contributed by atoms with Crippen LogP contribution in [0.3, 0.4) is 0 Å². The van der Waals surface area contributed by atoms with Crippen LogP contribution in [0.25, 0.3) is 0 Å². The number of nitrogens with zero attached hydrogens (tertiary/aromatic N) is 2. The number of carbonyl (C=O) groups excluding carboxylic acids is 2. The number of guanidine groups is 1. The quantitative estimate of drug-likeness (QED) is 0.719. The lowest BCUT2D eigenvalue weighted by Gasteiger charge is -2.35. The normalized spacial score (nSPS) is 21.8. The van der Waals surface area contributed by atoms with Crippen LogP contribution in [0.15, 0.2) is 47.5 Å². The molecule has 8 heteroatoms. The fourth-order valence-electron chi connectivity index (χ4n) is 4.17. The average molecular weight is 440 g/mol. The summed E-state index contributed by atoms with van der Waals surface area (Å²) >= 11 is 0. The number of hydrogen-bond donors (Lipinski definition) is 2. The summed E-state index contributed by atoms with van der Waals surface area (Å²) in [5, 5.41) is 2.78. The zero-order chi connectivity index (χ0) is 23.0. The number of halogens is 2. The molecule has 1 aliphatic carbocycles. The molecule has 168 valence electrons. The summed E-state index contributed by atoms with van der Waals surface area (Å²) in [6, 6.07) is 9.33. The average Bonchev–Trinajstić information content (AvgIpc) is 3.57. The molecule has 0 radical (unpaired) electrons. The van der Waals surface area contributed by atoms with Gasteiger partial charge in [-0.05, 0) is 74.1 Å². The van der Waals surface area contributed by atoms with Crippen LogP contribution < -0.4 is 11.1 Å². The second-order valence-electron chi connectivity index (χ2n) is 8.85. The minimum absolute atomic E-state index is 0.0282. The number of rotatable bonds is 6. The Morgan fingerprint density at radius 1 is 1.22 bits per heavy atom. The van der Waals surface area contributed by atoms with Gasteiger partial charge in [0.2, 0.25) is 5.91 Å². The van der Waals surface area contributed by atoms with E-state index in [1.165, 1.54) is 29.2 Å². The van der Waals surface area contributed by atoms with E-state index in [9.17, 15) is 18.4 Å². The number of nitrogens with two attached hydrogens (primary N) is 1. The minimum atomic E-state index is -0.593. The Bertz CT molecular complexity index is 1080. The fraction of sp³-hybridized carbons (Fsp3) is 0.375. The molecule has 4 rings (SSSR count). The Labute approximate surface area is 185 Å². The molecular weight excluding hydrogens is 414 g/mol. The molecule has 2 aromatic carbocycles. The van der Waals surface area contributed by atoms with Crippen LogP contribution in [0.2, 0.25) is 0 Å². The fourth-order valence-corrected chi connectivity index (χ4v) is 4.17. The van der Waals surface area contributed by atoms with Gasteiger partial charge in [-0.3, -0.25) is 14.5 Å². The Morgan fingerprint density at radius 3 is 2.53 bits per heavy atom. The van der Waals surface area contributed by atoms with Crippen molar-refractivity contribution in [2.75, 3.05) is 0 Å². The molecule has 1 saturated carbocycles. The molecule has 2 aliphatic rings. The summed E-state index contributed by atoms with van der Waals surface area (Å²) in [6.07, 6.45) is 2.34. The number of benzene rings is 2. The van der Waals surface area contributed by atoms with Gasteiger partial charge in [0.05, 0.1) is 24.5 Å². The summed E-state index contributed by atoms with van der Waals surface area (Å²) in [7, 11) is 0. The highest BCUT2D eigenvalue weighted by atomic mass is 19.1. The lowest BCUT2D eigenvalue weighted by molar-refractivity contribution is -0.130. The van der Waals surface area contributed by atoms with Crippen molar-refractivity contribution in [1.29, 1.82) is 0 Å². The van der Waals surface area contributed by atoms with E-state index in [2.05, 4.69) is 10.3 Å². The molecule has 0 aromatic heterocycles. The van der Waals surface area contributed by atoms with Gasteiger partial charge < -0.3 is 11.1 Å². The molecule has 2 atom stereocenters. The Morgan fingerprint density at radius 2 is 1.91 bits per heavy atom. The van der Waals surface area contributed by atoms with E-state index in [1.807, 2.05) is 6.92 Å². The van der Waals surface area contributed by atoms with Gasteiger partial charge in [0, 0.05) is 5.56 Å². The zero-order valence-electron chi connectivity index (χ0n) is 18.1. The molecule has 0 unspecified atom stereocenters. The topological polar surface area (TPSA) is 87.8 Å². The van der Waals surface area contributed by atoms with Crippen LogP contribution in [0.5, 0.6) is 0 Å². The Balaban J connectivity index is 1.49. The highest BCUT2D eigenvalue weighted by Crippen LogP contribution is 2.45. The highest BCUT2D eigenvalue weighted by molar-refractivity contribution is 5.99. The first-order valence-electron chi connectivity index (χ1n) is 10.7.